The second-order valence-corrected chi connectivity index (χ2v) is 8.75. The van der Waals surface area contributed by atoms with Crippen molar-refractivity contribution in [2.24, 2.45) is 0 Å². The van der Waals surface area contributed by atoms with Crippen LogP contribution < -0.4 is 11.5 Å². The molecule has 6 rings (SSSR count). The quantitative estimate of drug-likeness (QED) is 0.150. The van der Waals surface area contributed by atoms with Gasteiger partial charge in [-0.25, -0.2) is 29.9 Å². The van der Waals surface area contributed by atoms with Crippen molar-refractivity contribution in [1.29, 1.82) is 0 Å². The van der Waals surface area contributed by atoms with Crippen LogP contribution in [-0.2, 0) is 14.2 Å². The van der Waals surface area contributed by atoms with Crippen LogP contribution in [0.3, 0.4) is 0 Å². The number of ether oxygens (including phenoxy) is 3. The predicted octanol–water partition coefficient (Wildman–Crippen LogP) is -2.91. The van der Waals surface area contributed by atoms with Gasteiger partial charge in [-0.15, -0.1) is 0 Å². The Labute approximate surface area is 207 Å². The molecule has 196 valence electrons. The molecule has 8 atom stereocenters. The lowest BCUT2D eigenvalue weighted by atomic mass is 10.1. The molecule has 0 unspecified atom stereocenters. The molecular formula is C20H24N10O7. The molecule has 6 heterocycles. The van der Waals surface area contributed by atoms with Crippen molar-refractivity contribution in [3.05, 3.63) is 25.3 Å². The normalized spacial score (nSPS) is 32.1. The number of imidazole rings is 2. The molecule has 8 N–H and O–H groups in total. The van der Waals surface area contributed by atoms with Gasteiger partial charge in [0, 0.05) is 0 Å². The largest absolute Gasteiger partial charge is 0.394 e. The van der Waals surface area contributed by atoms with Crippen LogP contribution in [0.1, 0.15) is 12.5 Å². The maximum atomic E-state index is 11.0. The molecule has 4 aromatic heterocycles. The van der Waals surface area contributed by atoms with Gasteiger partial charge in [0.05, 0.1) is 25.9 Å². The van der Waals surface area contributed by atoms with Gasteiger partial charge in [0.25, 0.3) is 0 Å². The molecule has 17 nitrogen and oxygen atoms in total. The highest BCUT2D eigenvalue weighted by atomic mass is 16.6. The lowest BCUT2D eigenvalue weighted by Gasteiger charge is -2.23. The summed E-state index contributed by atoms with van der Waals surface area (Å²) in [5.74, 6) is 0.333. The third kappa shape index (κ3) is 3.75. The molecule has 2 aliphatic rings. The zero-order valence-corrected chi connectivity index (χ0v) is 19.1. The van der Waals surface area contributed by atoms with Crippen LogP contribution in [0, 0.1) is 0 Å². The molecule has 0 amide bonds. The third-order valence-corrected chi connectivity index (χ3v) is 6.60. The maximum absolute atomic E-state index is 11.0. The smallest absolute Gasteiger partial charge is 0.167 e. The molecule has 0 aromatic carbocycles. The Morgan fingerprint density at radius 1 is 0.757 bits per heavy atom. The highest BCUT2D eigenvalue weighted by molar-refractivity contribution is 5.81. The van der Waals surface area contributed by atoms with Crippen LogP contribution in [0.25, 0.3) is 22.3 Å². The molecule has 37 heavy (non-hydrogen) atoms. The third-order valence-electron chi connectivity index (χ3n) is 6.60. The van der Waals surface area contributed by atoms with E-state index in [0.717, 1.165) is 0 Å². The molecule has 0 bridgehead atoms. The molecule has 4 aromatic rings. The zero-order valence-electron chi connectivity index (χ0n) is 19.1. The first-order valence-electron chi connectivity index (χ1n) is 11.3. The van der Waals surface area contributed by atoms with Gasteiger partial charge in [0.15, 0.2) is 35.4 Å². The van der Waals surface area contributed by atoms with E-state index in [-0.39, 0.29) is 18.2 Å². The van der Waals surface area contributed by atoms with E-state index in [0.29, 0.717) is 22.3 Å². The fourth-order valence-electron chi connectivity index (χ4n) is 4.72. The number of nitrogen functional groups attached to an aromatic ring is 2. The number of nitrogens with two attached hydrogens (primary N) is 2. The van der Waals surface area contributed by atoms with Crippen LogP contribution >= 0.6 is 0 Å². The van der Waals surface area contributed by atoms with E-state index in [9.17, 15) is 20.4 Å². The number of hydrogen-bond acceptors (Lipinski definition) is 15. The average molecular weight is 516 g/mol. The first kappa shape index (κ1) is 23.8. The van der Waals surface area contributed by atoms with Gasteiger partial charge in [-0.2, -0.15) is 0 Å². The van der Waals surface area contributed by atoms with Crippen molar-refractivity contribution in [2.45, 2.75) is 49.1 Å². The molecule has 0 radical (unpaired) electrons. The topological polar surface area (TPSA) is 248 Å². The minimum Gasteiger partial charge on any atom is -0.394 e. The van der Waals surface area contributed by atoms with Crippen molar-refractivity contribution < 1.29 is 34.6 Å². The molecule has 2 fully saturated rings. The van der Waals surface area contributed by atoms with Crippen LogP contribution in [0.2, 0.25) is 0 Å². The van der Waals surface area contributed by atoms with E-state index in [1.807, 2.05) is 0 Å². The fraction of sp³-hybridized carbons (Fsp3) is 0.500. The highest BCUT2D eigenvalue weighted by Gasteiger charge is 2.49. The molecular weight excluding hydrogens is 492 g/mol. The molecule has 0 saturated carbocycles. The van der Waals surface area contributed by atoms with Crippen molar-refractivity contribution in [3.8, 4) is 0 Å². The second kappa shape index (κ2) is 9.06. The number of hydrogen-bond donors (Lipinski definition) is 6. The number of nitrogens with zero attached hydrogens (tertiary/aromatic N) is 8. The summed E-state index contributed by atoms with van der Waals surface area (Å²) in [5, 5.41) is 42.2. The van der Waals surface area contributed by atoms with Crippen LogP contribution in [0.4, 0.5) is 11.6 Å². The van der Waals surface area contributed by atoms with Crippen molar-refractivity contribution in [1.82, 2.24) is 39.0 Å². The predicted molar refractivity (Wildman–Crippen MR) is 122 cm³/mol. The fourth-order valence-corrected chi connectivity index (χ4v) is 4.72. The molecule has 2 saturated heterocycles. The second-order valence-electron chi connectivity index (χ2n) is 8.75. The van der Waals surface area contributed by atoms with Gasteiger partial charge in [0.1, 0.15) is 60.3 Å². The molecule has 0 spiro atoms. The van der Waals surface area contributed by atoms with E-state index in [1.54, 1.807) is 0 Å². The summed E-state index contributed by atoms with van der Waals surface area (Å²) in [4.78, 5) is 24.4. The Bertz CT molecular complexity index is 1430. The minimum absolute atomic E-state index is 0.163. The summed E-state index contributed by atoms with van der Waals surface area (Å²) in [6.07, 6.45) is -3.53. The summed E-state index contributed by atoms with van der Waals surface area (Å²) >= 11 is 0. The Morgan fingerprint density at radius 3 is 1.86 bits per heavy atom. The van der Waals surface area contributed by atoms with Crippen molar-refractivity contribution in [3.63, 3.8) is 0 Å². The van der Waals surface area contributed by atoms with Gasteiger partial charge in [0.2, 0.25) is 0 Å². The van der Waals surface area contributed by atoms with Crippen LogP contribution in [-0.4, -0.2) is 109 Å². The highest BCUT2D eigenvalue weighted by Crippen LogP contribution is 2.36. The summed E-state index contributed by atoms with van der Waals surface area (Å²) in [6.45, 7) is -0.684. The van der Waals surface area contributed by atoms with Crippen LogP contribution in [0.15, 0.2) is 25.3 Å². The number of aliphatic hydroxyl groups is 4. The van der Waals surface area contributed by atoms with Crippen molar-refractivity contribution in [2.75, 3.05) is 24.7 Å². The number of aliphatic hydroxyl groups excluding tert-OH is 4. The van der Waals surface area contributed by atoms with Gasteiger partial charge in [-0.05, 0) is 0 Å². The van der Waals surface area contributed by atoms with E-state index in [2.05, 4.69) is 29.9 Å². The standard InChI is InChI=1S/C20H24N10O7/c21-15-9-17(25-3-23-15)29(5-27-9)19-12(33)11(32)8(37-19)2-35-14-7(1-31)36-20(13(14)34)30-6-28-10-16(22)24-4-26-18(10)30/h3-8,11-14,19-20,31-34H,1-2H2,(H2,21,23,25)(H2,22,24,26)/t7-,8-,11-,12-,13-,14-,19-,20-/m1/s1. The zero-order chi connectivity index (χ0) is 25.8. The first-order chi connectivity index (χ1) is 17.9. The number of anilines is 2. The monoisotopic (exact) mass is 516 g/mol. The van der Waals surface area contributed by atoms with Crippen molar-refractivity contribution >= 4 is 34.0 Å². The van der Waals surface area contributed by atoms with E-state index >= 15 is 0 Å². The Balaban J connectivity index is 1.18. The summed E-state index contributed by atoms with van der Waals surface area (Å²) in [6, 6.07) is 0. The van der Waals surface area contributed by atoms with E-state index < -0.39 is 55.7 Å². The minimum atomic E-state index is -1.34. The Hall–Kier alpha value is -3.58. The number of fused-ring (bicyclic) bond motifs is 2. The maximum Gasteiger partial charge on any atom is 0.167 e. The molecule has 2 aliphatic heterocycles. The Morgan fingerprint density at radius 2 is 1.30 bits per heavy atom. The lowest BCUT2D eigenvalue weighted by Crippen LogP contribution is -2.40. The average Bonchev–Trinajstić information content (AvgIpc) is 3.64. The summed E-state index contributed by atoms with van der Waals surface area (Å²) < 4.78 is 20.5. The summed E-state index contributed by atoms with van der Waals surface area (Å²) in [5.41, 5.74) is 13.0. The lowest BCUT2D eigenvalue weighted by molar-refractivity contribution is -0.110. The van der Waals surface area contributed by atoms with Gasteiger partial charge < -0.3 is 46.1 Å². The van der Waals surface area contributed by atoms with E-state index in [1.165, 1.54) is 34.4 Å². The van der Waals surface area contributed by atoms with Gasteiger partial charge in [-0.3, -0.25) is 9.13 Å². The number of aromatic nitrogens is 8. The van der Waals surface area contributed by atoms with Crippen LogP contribution in [0.5, 0.6) is 0 Å². The van der Waals surface area contributed by atoms with Gasteiger partial charge >= 0.3 is 0 Å². The van der Waals surface area contributed by atoms with Gasteiger partial charge in [-0.1, -0.05) is 0 Å². The summed E-state index contributed by atoms with van der Waals surface area (Å²) in [7, 11) is 0. The molecule has 17 heteroatoms. The van der Waals surface area contributed by atoms with E-state index in [4.69, 9.17) is 25.7 Å². The Kier molecular flexibility index (Phi) is 5.83. The SMILES string of the molecule is Nc1ncnc2c1ncn2[C@@H]1O[C@H](CO[C@H]2[C@@H](O)[C@H](n3cnc4c(N)ncnc43)O[C@@H]2CO)[C@@H](O)[C@H]1O. The first-order valence-corrected chi connectivity index (χ1v) is 11.3. The number of rotatable bonds is 6. The molecule has 0 aliphatic carbocycles.